The van der Waals surface area contributed by atoms with Gasteiger partial charge in [0.15, 0.2) is 0 Å². The van der Waals surface area contributed by atoms with E-state index in [0.717, 1.165) is 48.2 Å². The van der Waals surface area contributed by atoms with Gasteiger partial charge < -0.3 is 10.2 Å². The van der Waals surface area contributed by atoms with Gasteiger partial charge in [-0.3, -0.25) is 9.78 Å². The highest BCUT2D eigenvalue weighted by atomic mass is 35.5. The first-order valence-electron chi connectivity index (χ1n) is 9.77. The molecular formula is C23H23ClFN3O. The summed E-state index contributed by atoms with van der Waals surface area (Å²) in [5.41, 5.74) is 2.48. The lowest BCUT2D eigenvalue weighted by Gasteiger charge is -2.40. The molecule has 0 bridgehead atoms. The lowest BCUT2D eigenvalue weighted by Crippen LogP contribution is -2.40. The molecule has 1 N–H and O–H groups in total. The van der Waals surface area contributed by atoms with E-state index in [9.17, 15) is 9.18 Å². The smallest absolute Gasteiger partial charge is 0.224 e. The Bertz CT molecular complexity index is 1030. The highest BCUT2D eigenvalue weighted by Gasteiger charge is 2.32. The van der Waals surface area contributed by atoms with Crippen molar-refractivity contribution in [3.05, 3.63) is 65.6 Å². The molecule has 1 fully saturated rings. The quantitative estimate of drug-likeness (QED) is 0.602. The van der Waals surface area contributed by atoms with Crippen LogP contribution in [-0.2, 0) is 4.79 Å². The van der Waals surface area contributed by atoms with E-state index in [2.05, 4.69) is 22.1 Å². The second-order valence-corrected chi connectivity index (χ2v) is 8.46. The number of fused-ring (bicyclic) bond motifs is 1. The van der Waals surface area contributed by atoms with Crippen LogP contribution in [0.2, 0.25) is 5.02 Å². The van der Waals surface area contributed by atoms with Gasteiger partial charge in [-0.25, -0.2) is 4.39 Å². The van der Waals surface area contributed by atoms with E-state index in [4.69, 9.17) is 11.6 Å². The Hall–Kier alpha value is -2.66. The minimum Gasteiger partial charge on any atom is -0.371 e. The van der Waals surface area contributed by atoms with Gasteiger partial charge >= 0.3 is 0 Å². The summed E-state index contributed by atoms with van der Waals surface area (Å²) in [5.74, 6) is -0.243. The molecule has 0 spiro atoms. The number of hydrogen-bond donors (Lipinski definition) is 1. The molecule has 2 aromatic carbocycles. The molecule has 0 aliphatic carbocycles. The van der Waals surface area contributed by atoms with Gasteiger partial charge in [0, 0.05) is 47.5 Å². The summed E-state index contributed by atoms with van der Waals surface area (Å²) in [7, 11) is 0. The van der Waals surface area contributed by atoms with E-state index in [1.165, 1.54) is 6.07 Å². The van der Waals surface area contributed by atoms with Crippen LogP contribution in [-0.4, -0.2) is 24.0 Å². The molecule has 1 aromatic heterocycles. The fourth-order valence-corrected chi connectivity index (χ4v) is 4.10. The largest absolute Gasteiger partial charge is 0.371 e. The molecule has 0 atom stereocenters. The number of carbonyl (C=O) groups is 1. The van der Waals surface area contributed by atoms with Crippen molar-refractivity contribution < 1.29 is 9.18 Å². The van der Waals surface area contributed by atoms with E-state index in [1.807, 2.05) is 6.07 Å². The van der Waals surface area contributed by atoms with Crippen molar-refractivity contribution in [2.24, 2.45) is 5.41 Å². The van der Waals surface area contributed by atoms with Gasteiger partial charge in [-0.1, -0.05) is 18.5 Å². The van der Waals surface area contributed by atoms with Crippen LogP contribution in [0.3, 0.4) is 0 Å². The van der Waals surface area contributed by atoms with Crippen molar-refractivity contribution >= 4 is 39.8 Å². The number of halogens is 2. The molecule has 1 aliphatic heterocycles. The third-order valence-corrected chi connectivity index (χ3v) is 5.96. The molecular weight excluding hydrogens is 389 g/mol. The third-order valence-electron chi connectivity index (χ3n) is 5.71. The maximum absolute atomic E-state index is 13.8. The predicted octanol–water partition coefficient (Wildman–Crippen LogP) is 5.66. The van der Waals surface area contributed by atoms with Crippen LogP contribution >= 0.6 is 11.6 Å². The normalized spacial score (nSPS) is 16.0. The highest BCUT2D eigenvalue weighted by molar-refractivity contribution is 6.30. The Morgan fingerprint density at radius 1 is 1.17 bits per heavy atom. The maximum Gasteiger partial charge on any atom is 0.224 e. The van der Waals surface area contributed by atoms with Gasteiger partial charge in [-0.05, 0) is 66.8 Å². The van der Waals surface area contributed by atoms with Gasteiger partial charge in [0.2, 0.25) is 5.91 Å². The summed E-state index contributed by atoms with van der Waals surface area (Å²) in [6.45, 7) is 3.80. The molecule has 29 heavy (non-hydrogen) atoms. The van der Waals surface area contributed by atoms with E-state index >= 15 is 0 Å². The van der Waals surface area contributed by atoms with Crippen molar-refractivity contribution in [2.75, 3.05) is 23.3 Å². The molecule has 150 valence electrons. The van der Waals surface area contributed by atoms with Crippen molar-refractivity contribution in [3.8, 4) is 0 Å². The fourth-order valence-electron chi connectivity index (χ4n) is 3.97. The second-order valence-electron chi connectivity index (χ2n) is 8.02. The van der Waals surface area contributed by atoms with Crippen LogP contribution in [0, 0.1) is 11.2 Å². The number of anilines is 2. The van der Waals surface area contributed by atoms with Crippen LogP contribution in [0.5, 0.6) is 0 Å². The first kappa shape index (κ1) is 19.6. The number of benzene rings is 2. The summed E-state index contributed by atoms with van der Waals surface area (Å²) in [6, 6.07) is 13.8. The second kappa shape index (κ2) is 7.99. The molecule has 4 rings (SSSR count). The van der Waals surface area contributed by atoms with Crippen LogP contribution in [0.4, 0.5) is 15.8 Å². The molecule has 0 radical (unpaired) electrons. The number of hydrogen-bond acceptors (Lipinski definition) is 3. The van der Waals surface area contributed by atoms with Gasteiger partial charge in [0.25, 0.3) is 0 Å². The van der Waals surface area contributed by atoms with E-state index in [0.29, 0.717) is 11.4 Å². The van der Waals surface area contributed by atoms with Crippen molar-refractivity contribution in [1.29, 1.82) is 0 Å². The van der Waals surface area contributed by atoms with Gasteiger partial charge in [-0.15, -0.1) is 0 Å². The Labute approximate surface area is 174 Å². The number of rotatable bonds is 4. The third kappa shape index (κ3) is 4.51. The SMILES string of the molecule is CC1(CC(=O)Nc2ccc(Cl)cc2)CCN(c2ccnc3ccc(F)cc23)CC1. The Kier molecular flexibility index (Phi) is 5.41. The molecule has 0 unspecified atom stereocenters. The zero-order valence-electron chi connectivity index (χ0n) is 16.3. The average molecular weight is 412 g/mol. The number of piperidine rings is 1. The summed E-state index contributed by atoms with van der Waals surface area (Å²) in [6.07, 6.45) is 4.01. The molecule has 1 aliphatic rings. The van der Waals surface area contributed by atoms with E-state index < -0.39 is 0 Å². The number of aromatic nitrogens is 1. The van der Waals surface area contributed by atoms with Crippen LogP contribution in [0.15, 0.2) is 54.7 Å². The molecule has 4 nitrogen and oxygen atoms in total. The molecule has 0 saturated carbocycles. The minimum absolute atomic E-state index is 0.0136. The minimum atomic E-state index is -0.257. The fraction of sp³-hybridized carbons (Fsp3) is 0.304. The van der Waals surface area contributed by atoms with Crippen molar-refractivity contribution in [3.63, 3.8) is 0 Å². The topological polar surface area (TPSA) is 45.2 Å². The van der Waals surface area contributed by atoms with Crippen molar-refractivity contribution in [2.45, 2.75) is 26.2 Å². The number of amides is 1. The van der Waals surface area contributed by atoms with Crippen molar-refractivity contribution in [1.82, 2.24) is 4.98 Å². The molecule has 1 amide bonds. The molecule has 2 heterocycles. The zero-order chi connectivity index (χ0) is 20.4. The zero-order valence-corrected chi connectivity index (χ0v) is 17.0. The lowest BCUT2D eigenvalue weighted by atomic mass is 9.77. The number of nitrogens with zero attached hydrogens (tertiary/aromatic N) is 2. The standard InChI is InChI=1S/C23H23ClFN3O/c1-23(15-22(29)27-18-5-2-16(24)3-6-18)9-12-28(13-10-23)21-8-11-26-20-7-4-17(25)14-19(20)21/h2-8,11,14H,9-10,12-13,15H2,1H3,(H,27,29). The summed E-state index contributed by atoms with van der Waals surface area (Å²) >= 11 is 5.89. The summed E-state index contributed by atoms with van der Waals surface area (Å²) in [5, 5.41) is 4.43. The van der Waals surface area contributed by atoms with Crippen LogP contribution in [0.1, 0.15) is 26.2 Å². The highest BCUT2D eigenvalue weighted by Crippen LogP contribution is 2.38. The Morgan fingerprint density at radius 2 is 1.90 bits per heavy atom. The molecule has 3 aromatic rings. The Balaban J connectivity index is 1.41. The number of carbonyl (C=O) groups excluding carboxylic acids is 1. The van der Waals surface area contributed by atoms with E-state index in [1.54, 1.807) is 42.6 Å². The molecule has 1 saturated heterocycles. The number of nitrogens with one attached hydrogen (secondary N) is 1. The van der Waals surface area contributed by atoms with Gasteiger partial charge in [0.05, 0.1) is 5.52 Å². The molecule has 6 heteroatoms. The van der Waals surface area contributed by atoms with E-state index in [-0.39, 0.29) is 17.1 Å². The first-order chi connectivity index (χ1) is 13.9. The summed E-state index contributed by atoms with van der Waals surface area (Å²) < 4.78 is 13.8. The monoisotopic (exact) mass is 411 g/mol. The maximum atomic E-state index is 13.8. The first-order valence-corrected chi connectivity index (χ1v) is 10.1. The van der Waals surface area contributed by atoms with Crippen LogP contribution in [0.25, 0.3) is 10.9 Å². The number of pyridine rings is 1. The summed E-state index contributed by atoms with van der Waals surface area (Å²) in [4.78, 5) is 19.1. The van der Waals surface area contributed by atoms with Crippen LogP contribution < -0.4 is 10.2 Å². The van der Waals surface area contributed by atoms with Gasteiger partial charge in [0.1, 0.15) is 5.82 Å². The lowest BCUT2D eigenvalue weighted by molar-refractivity contribution is -0.118. The predicted molar refractivity (Wildman–Crippen MR) is 116 cm³/mol. The van der Waals surface area contributed by atoms with Gasteiger partial charge in [-0.2, -0.15) is 0 Å². The average Bonchev–Trinajstić information content (AvgIpc) is 2.70. The Morgan fingerprint density at radius 3 is 2.62 bits per heavy atom.